The first-order chi connectivity index (χ1) is 19.1. The van der Waals surface area contributed by atoms with Gasteiger partial charge in [-0.15, -0.1) is 11.3 Å². The van der Waals surface area contributed by atoms with Crippen LogP contribution < -0.4 is 20.4 Å². The molecule has 3 aromatic rings. The highest BCUT2D eigenvalue weighted by atomic mass is 35.5. The van der Waals surface area contributed by atoms with Crippen molar-refractivity contribution in [2.45, 2.75) is 45.8 Å². The molecule has 0 aliphatic rings. The number of anilines is 4. The minimum atomic E-state index is -1.91. The molecule has 8 nitrogen and oxygen atoms in total. The molecule has 0 spiro atoms. The van der Waals surface area contributed by atoms with Gasteiger partial charge in [-0.3, -0.25) is 14.5 Å². The van der Waals surface area contributed by atoms with Crippen molar-refractivity contribution in [2.75, 3.05) is 47.7 Å². The number of benzene rings is 2. The maximum absolute atomic E-state index is 13.5. The first-order valence-electron chi connectivity index (χ1n) is 13.2. The van der Waals surface area contributed by atoms with Crippen molar-refractivity contribution >= 4 is 65.8 Å². The Kier molecular flexibility index (Phi) is 10.3. The molecule has 2 aromatic carbocycles. The molecule has 11 heteroatoms. The second-order valence-electron chi connectivity index (χ2n) is 11.5. The Morgan fingerprint density at radius 3 is 2.24 bits per heavy atom. The largest absolute Gasteiger partial charge is 0.415 e. The van der Waals surface area contributed by atoms with Crippen molar-refractivity contribution in [3.05, 3.63) is 68.9 Å². The van der Waals surface area contributed by atoms with Gasteiger partial charge in [-0.1, -0.05) is 32.4 Å². The van der Waals surface area contributed by atoms with Crippen molar-refractivity contribution in [1.82, 2.24) is 0 Å². The van der Waals surface area contributed by atoms with E-state index in [1.165, 1.54) is 11.3 Å². The molecule has 1 aromatic heterocycles. The summed E-state index contributed by atoms with van der Waals surface area (Å²) in [7, 11) is 1.88. The van der Waals surface area contributed by atoms with E-state index in [4.69, 9.17) is 16.0 Å². The van der Waals surface area contributed by atoms with Crippen LogP contribution in [-0.4, -0.2) is 47.4 Å². The number of hydrogen-bond donors (Lipinski definition) is 2. The quantitative estimate of drug-likeness (QED) is 0.139. The zero-order valence-corrected chi connectivity index (χ0v) is 27.5. The third-order valence-corrected chi connectivity index (χ3v) is 13.0. The van der Waals surface area contributed by atoms with Gasteiger partial charge in [0.2, 0.25) is 0 Å². The molecule has 0 saturated carbocycles. The van der Waals surface area contributed by atoms with Gasteiger partial charge in [0.15, 0.2) is 14.5 Å². The van der Waals surface area contributed by atoms with Crippen LogP contribution in [0.4, 0.5) is 22.7 Å². The van der Waals surface area contributed by atoms with Crippen molar-refractivity contribution in [3.8, 4) is 6.19 Å². The molecule has 0 aliphatic carbocycles. The maximum Gasteiger partial charge on any atom is 0.265 e. The summed E-state index contributed by atoms with van der Waals surface area (Å²) in [5.41, 5.74) is 3.74. The van der Waals surface area contributed by atoms with E-state index in [9.17, 15) is 14.9 Å². The predicted octanol–water partition coefficient (Wildman–Crippen LogP) is 7.59. The number of halogens is 1. The third-order valence-electron chi connectivity index (χ3n) is 7.25. The molecule has 0 saturated heterocycles. The second-order valence-corrected chi connectivity index (χ2v) is 18.0. The summed E-state index contributed by atoms with van der Waals surface area (Å²) in [5, 5.41) is 15.6. The maximum atomic E-state index is 13.5. The van der Waals surface area contributed by atoms with Crippen molar-refractivity contribution in [3.63, 3.8) is 0 Å². The summed E-state index contributed by atoms with van der Waals surface area (Å²) in [6, 6.07) is 13.9. The molecule has 2 N–H and O–H groups in total. The minimum absolute atomic E-state index is 0.0927. The molecule has 41 heavy (non-hydrogen) atoms. The topological polar surface area (TPSA) is 97.7 Å². The van der Waals surface area contributed by atoms with E-state index >= 15 is 0 Å². The molecule has 2 amide bonds. The molecule has 0 unspecified atom stereocenters. The Hall–Kier alpha value is -3.36. The normalized spacial score (nSPS) is 11.5. The third kappa shape index (κ3) is 8.11. The van der Waals surface area contributed by atoms with Gasteiger partial charge < -0.3 is 20.0 Å². The molecule has 0 fully saturated rings. The van der Waals surface area contributed by atoms with E-state index in [1.54, 1.807) is 53.4 Å². The summed E-state index contributed by atoms with van der Waals surface area (Å²) < 4.78 is 6.73. The van der Waals surface area contributed by atoms with Crippen LogP contribution in [0.15, 0.2) is 48.5 Å². The predicted molar refractivity (Wildman–Crippen MR) is 173 cm³/mol. The smallest absolute Gasteiger partial charge is 0.265 e. The number of nitrogens with zero attached hydrogens (tertiary/aromatic N) is 3. The number of thiophene rings is 1. The molecular formula is C30H38ClN5O3SSi. The lowest BCUT2D eigenvalue weighted by atomic mass is 10.1. The Bertz CT molecular complexity index is 1440. The van der Waals surface area contributed by atoms with Gasteiger partial charge in [-0.2, -0.15) is 5.26 Å². The lowest BCUT2D eigenvalue weighted by Gasteiger charge is -2.36. The standard InChI is InChI=1S/C30H38ClN5O3SSi/c1-20-17-24(34-29(38)26-13-14-27(31)40-26)23(18-25(20)35(5)6)28(37)33-21-9-11-22(12-10-21)36(19-32)15-16-39-41(7,8)30(2,3)4/h9-14,17-18H,15-16H2,1-8H3,(H,33,37)(H,34,38). The number of nitrogens with one attached hydrogen (secondary N) is 2. The van der Waals surface area contributed by atoms with Crippen LogP contribution in [0.1, 0.15) is 46.4 Å². The van der Waals surface area contributed by atoms with Crippen molar-refractivity contribution in [2.24, 2.45) is 0 Å². The van der Waals surface area contributed by atoms with E-state index in [1.807, 2.05) is 25.9 Å². The van der Waals surface area contributed by atoms with E-state index in [0.717, 1.165) is 11.3 Å². The highest BCUT2D eigenvalue weighted by Crippen LogP contribution is 2.36. The summed E-state index contributed by atoms with van der Waals surface area (Å²) in [5.74, 6) is -0.716. The molecule has 0 atom stereocenters. The fraction of sp³-hybridized carbons (Fsp3) is 0.367. The number of amides is 2. The van der Waals surface area contributed by atoms with Crippen LogP contribution in [-0.2, 0) is 4.43 Å². The number of carbonyl (C=O) groups excluding carboxylic acids is 2. The van der Waals surface area contributed by atoms with Gasteiger partial charge in [0.1, 0.15) is 0 Å². The summed E-state index contributed by atoms with van der Waals surface area (Å²) in [6.45, 7) is 13.7. The molecule has 3 rings (SSSR count). The molecule has 1 heterocycles. The van der Waals surface area contributed by atoms with E-state index < -0.39 is 8.32 Å². The first kappa shape index (κ1) is 32.2. The first-order valence-corrected chi connectivity index (χ1v) is 17.3. The molecule has 0 bridgehead atoms. The van der Waals surface area contributed by atoms with Gasteiger partial charge in [-0.05, 0) is 79.2 Å². The average molecular weight is 612 g/mol. The summed E-state index contributed by atoms with van der Waals surface area (Å²) >= 11 is 7.17. The van der Waals surface area contributed by atoms with Gasteiger partial charge in [0.25, 0.3) is 11.8 Å². The van der Waals surface area contributed by atoms with Crippen LogP contribution in [0.3, 0.4) is 0 Å². The van der Waals surface area contributed by atoms with E-state index in [-0.39, 0.29) is 16.9 Å². The highest BCUT2D eigenvalue weighted by Gasteiger charge is 2.37. The van der Waals surface area contributed by atoms with E-state index in [0.29, 0.717) is 45.0 Å². The van der Waals surface area contributed by atoms with Crippen LogP contribution in [0.5, 0.6) is 0 Å². The van der Waals surface area contributed by atoms with Crippen LogP contribution in [0.2, 0.25) is 22.5 Å². The summed E-state index contributed by atoms with van der Waals surface area (Å²) in [6.07, 6.45) is 2.22. The van der Waals surface area contributed by atoms with Gasteiger partial charge in [0, 0.05) is 25.5 Å². The van der Waals surface area contributed by atoms with Crippen LogP contribution in [0.25, 0.3) is 0 Å². The fourth-order valence-corrected chi connectivity index (χ4v) is 5.83. The van der Waals surface area contributed by atoms with Crippen molar-refractivity contribution < 1.29 is 14.0 Å². The minimum Gasteiger partial charge on any atom is -0.415 e. The molecule has 218 valence electrons. The number of nitriles is 1. The summed E-state index contributed by atoms with van der Waals surface area (Å²) in [4.78, 5) is 30.3. The Labute approximate surface area is 253 Å². The zero-order valence-electron chi connectivity index (χ0n) is 24.9. The number of rotatable bonds is 10. The zero-order chi connectivity index (χ0) is 30.5. The Morgan fingerprint density at radius 2 is 1.71 bits per heavy atom. The Balaban J connectivity index is 1.76. The molecule has 0 aliphatic heterocycles. The fourth-order valence-electron chi connectivity index (χ4n) is 3.86. The Morgan fingerprint density at radius 1 is 1.05 bits per heavy atom. The van der Waals surface area contributed by atoms with E-state index in [2.05, 4.69) is 50.7 Å². The van der Waals surface area contributed by atoms with Gasteiger partial charge in [0.05, 0.1) is 39.3 Å². The highest BCUT2D eigenvalue weighted by molar-refractivity contribution is 7.18. The van der Waals surface area contributed by atoms with Crippen LogP contribution in [0, 0.1) is 18.4 Å². The average Bonchev–Trinajstić information content (AvgIpc) is 3.33. The number of carbonyl (C=O) groups is 2. The second kappa shape index (κ2) is 13.1. The number of hydrogen-bond acceptors (Lipinski definition) is 7. The van der Waals surface area contributed by atoms with Crippen molar-refractivity contribution in [1.29, 1.82) is 5.26 Å². The van der Waals surface area contributed by atoms with Gasteiger partial charge >= 0.3 is 0 Å². The lowest BCUT2D eigenvalue weighted by molar-refractivity contribution is 0.102. The SMILES string of the molecule is Cc1cc(NC(=O)c2ccc(Cl)s2)c(C(=O)Nc2ccc(N(C#N)CCO[Si](C)(C)C(C)(C)C)cc2)cc1N(C)C. The monoisotopic (exact) mass is 611 g/mol. The van der Waals surface area contributed by atoms with Gasteiger partial charge in [-0.25, -0.2) is 0 Å². The molecular weight excluding hydrogens is 574 g/mol. The number of aryl methyl sites for hydroxylation is 1. The lowest BCUT2D eigenvalue weighted by Crippen LogP contribution is -2.42. The van der Waals surface area contributed by atoms with Crippen LogP contribution >= 0.6 is 22.9 Å². The molecule has 0 radical (unpaired) electrons.